The molecule has 0 heterocycles. The van der Waals surface area contributed by atoms with Crippen molar-refractivity contribution in [1.82, 2.24) is 0 Å². The Morgan fingerprint density at radius 1 is 1.10 bits per heavy atom. The fourth-order valence-electron chi connectivity index (χ4n) is 1.79. The molecule has 21 heavy (non-hydrogen) atoms. The molecule has 2 aromatic rings. The zero-order valence-corrected chi connectivity index (χ0v) is 13.2. The van der Waals surface area contributed by atoms with E-state index in [1.54, 1.807) is 42.5 Å². The van der Waals surface area contributed by atoms with Crippen LogP contribution < -0.4 is 4.31 Å². The highest BCUT2D eigenvalue weighted by Gasteiger charge is 2.27. The van der Waals surface area contributed by atoms with Crippen LogP contribution in [0.25, 0.3) is 0 Å². The van der Waals surface area contributed by atoms with Crippen molar-refractivity contribution < 1.29 is 18.3 Å². The van der Waals surface area contributed by atoms with Crippen molar-refractivity contribution in [3.63, 3.8) is 0 Å². The summed E-state index contributed by atoms with van der Waals surface area (Å²) in [6.45, 7) is -0.640. The van der Waals surface area contributed by atoms with Crippen LogP contribution in [-0.4, -0.2) is 26.0 Å². The Balaban J connectivity index is 2.52. The first kappa shape index (κ1) is 15.5. The van der Waals surface area contributed by atoms with Crippen molar-refractivity contribution in [2.45, 2.75) is 4.90 Å². The van der Waals surface area contributed by atoms with Crippen molar-refractivity contribution in [2.24, 2.45) is 0 Å². The van der Waals surface area contributed by atoms with Gasteiger partial charge in [-0.1, -0.05) is 40.2 Å². The molecular formula is C14H12BrNO4S. The summed E-state index contributed by atoms with van der Waals surface area (Å²) in [4.78, 5) is 11.0. The topological polar surface area (TPSA) is 74.7 Å². The smallest absolute Gasteiger partial charge is 0.324 e. The largest absolute Gasteiger partial charge is 0.480 e. The van der Waals surface area contributed by atoms with Crippen LogP contribution in [0.2, 0.25) is 0 Å². The molecule has 0 aliphatic rings. The van der Waals surface area contributed by atoms with E-state index in [1.807, 2.05) is 0 Å². The third-order valence-corrected chi connectivity index (χ3v) is 4.97. The molecule has 0 amide bonds. The molecule has 0 radical (unpaired) electrons. The van der Waals surface area contributed by atoms with E-state index in [1.165, 1.54) is 12.1 Å². The second kappa shape index (κ2) is 6.28. The molecule has 0 bridgehead atoms. The summed E-state index contributed by atoms with van der Waals surface area (Å²) in [6.07, 6.45) is 0. The van der Waals surface area contributed by atoms with E-state index in [9.17, 15) is 13.2 Å². The van der Waals surface area contributed by atoms with E-state index in [4.69, 9.17) is 5.11 Å². The maximum absolute atomic E-state index is 12.7. The maximum Gasteiger partial charge on any atom is 0.324 e. The van der Waals surface area contributed by atoms with E-state index in [0.717, 1.165) is 4.31 Å². The zero-order valence-electron chi connectivity index (χ0n) is 10.8. The zero-order chi connectivity index (χ0) is 15.5. The molecule has 0 aliphatic carbocycles. The van der Waals surface area contributed by atoms with Crippen LogP contribution in [0.4, 0.5) is 5.69 Å². The normalized spacial score (nSPS) is 11.1. The van der Waals surface area contributed by atoms with Gasteiger partial charge < -0.3 is 5.11 Å². The summed E-state index contributed by atoms with van der Waals surface area (Å²) in [7, 11) is -3.95. The highest BCUT2D eigenvalue weighted by molar-refractivity contribution is 9.10. The standard InChI is InChI=1S/C14H12BrNO4S/c15-11-5-4-8-13(9-11)21(19,20)16(10-14(17)18)12-6-2-1-3-7-12/h1-9H,10H2,(H,17,18). The first-order chi connectivity index (χ1) is 9.91. The van der Waals surface area contributed by atoms with Gasteiger partial charge in [-0.3, -0.25) is 9.10 Å². The molecule has 0 aromatic heterocycles. The number of carbonyl (C=O) groups is 1. The van der Waals surface area contributed by atoms with E-state index >= 15 is 0 Å². The van der Waals surface area contributed by atoms with Crippen molar-refractivity contribution in [3.8, 4) is 0 Å². The summed E-state index contributed by atoms with van der Waals surface area (Å²) >= 11 is 3.21. The summed E-state index contributed by atoms with van der Waals surface area (Å²) in [5.74, 6) is -1.22. The Kier molecular flexibility index (Phi) is 4.64. The molecule has 0 unspecified atom stereocenters. The number of para-hydroxylation sites is 1. The summed E-state index contributed by atoms with van der Waals surface area (Å²) in [5, 5.41) is 8.99. The third kappa shape index (κ3) is 3.62. The molecule has 5 nitrogen and oxygen atoms in total. The number of aliphatic carboxylic acids is 1. The number of carboxylic acid groups (broad SMARTS) is 1. The molecule has 0 saturated heterocycles. The van der Waals surface area contributed by atoms with Gasteiger partial charge in [0.25, 0.3) is 10.0 Å². The van der Waals surface area contributed by atoms with Gasteiger partial charge >= 0.3 is 5.97 Å². The molecule has 0 fully saturated rings. The molecule has 1 N–H and O–H groups in total. The first-order valence-corrected chi connectivity index (χ1v) is 8.20. The Hall–Kier alpha value is -1.86. The number of anilines is 1. The van der Waals surface area contributed by atoms with E-state index in [0.29, 0.717) is 10.2 Å². The van der Waals surface area contributed by atoms with Crippen molar-refractivity contribution in [3.05, 3.63) is 59.1 Å². The van der Waals surface area contributed by atoms with Crippen LogP contribution in [0.1, 0.15) is 0 Å². The summed E-state index contributed by atoms with van der Waals surface area (Å²) in [5.41, 5.74) is 0.305. The van der Waals surface area contributed by atoms with Gasteiger partial charge in [-0.05, 0) is 30.3 Å². The Labute approximate surface area is 131 Å². The Morgan fingerprint density at radius 2 is 1.76 bits per heavy atom. The SMILES string of the molecule is O=C(O)CN(c1ccccc1)S(=O)(=O)c1cccc(Br)c1. The van der Waals surface area contributed by atoms with Gasteiger partial charge in [-0.25, -0.2) is 8.42 Å². The average molecular weight is 370 g/mol. The molecule has 110 valence electrons. The molecule has 0 atom stereocenters. The van der Waals surface area contributed by atoms with E-state index in [2.05, 4.69) is 15.9 Å². The number of sulfonamides is 1. The number of benzene rings is 2. The second-order valence-corrected chi connectivity index (χ2v) is 6.98. The van der Waals surface area contributed by atoms with Crippen LogP contribution >= 0.6 is 15.9 Å². The number of hydrogen-bond donors (Lipinski definition) is 1. The first-order valence-electron chi connectivity index (χ1n) is 5.96. The van der Waals surface area contributed by atoms with Crippen LogP contribution in [0.5, 0.6) is 0 Å². The van der Waals surface area contributed by atoms with Gasteiger partial charge in [0.15, 0.2) is 0 Å². The van der Waals surface area contributed by atoms with E-state index < -0.39 is 22.5 Å². The molecule has 0 aliphatic heterocycles. The number of carboxylic acids is 1. The minimum atomic E-state index is -3.95. The molecule has 7 heteroatoms. The lowest BCUT2D eigenvalue weighted by Gasteiger charge is -2.22. The monoisotopic (exact) mass is 369 g/mol. The molecular weight excluding hydrogens is 358 g/mol. The van der Waals surface area contributed by atoms with Crippen molar-refractivity contribution in [2.75, 3.05) is 10.8 Å². The Bertz CT molecular complexity index is 747. The molecule has 0 spiro atoms. The number of rotatable bonds is 5. The van der Waals surface area contributed by atoms with Crippen molar-refractivity contribution >= 4 is 37.6 Å². The fourth-order valence-corrected chi connectivity index (χ4v) is 3.80. The number of halogens is 1. The van der Waals surface area contributed by atoms with Crippen LogP contribution in [-0.2, 0) is 14.8 Å². The van der Waals surface area contributed by atoms with Gasteiger partial charge in [0.05, 0.1) is 10.6 Å². The minimum Gasteiger partial charge on any atom is -0.480 e. The lowest BCUT2D eigenvalue weighted by atomic mass is 10.3. The predicted molar refractivity (Wildman–Crippen MR) is 82.8 cm³/mol. The van der Waals surface area contributed by atoms with Crippen LogP contribution in [0, 0.1) is 0 Å². The molecule has 2 rings (SSSR count). The number of hydrogen-bond acceptors (Lipinski definition) is 3. The highest BCUT2D eigenvalue weighted by Crippen LogP contribution is 2.25. The van der Waals surface area contributed by atoms with Crippen LogP contribution in [0.3, 0.4) is 0 Å². The lowest BCUT2D eigenvalue weighted by Crippen LogP contribution is -2.35. The third-order valence-electron chi connectivity index (χ3n) is 2.71. The highest BCUT2D eigenvalue weighted by atomic mass is 79.9. The van der Waals surface area contributed by atoms with Gasteiger partial charge in [0.2, 0.25) is 0 Å². The minimum absolute atomic E-state index is 0.0296. The Morgan fingerprint density at radius 3 is 2.33 bits per heavy atom. The average Bonchev–Trinajstić information content (AvgIpc) is 2.45. The lowest BCUT2D eigenvalue weighted by molar-refractivity contribution is -0.135. The predicted octanol–water partition coefficient (Wildman–Crippen LogP) is 2.73. The second-order valence-electron chi connectivity index (χ2n) is 4.20. The molecule has 2 aromatic carbocycles. The van der Waals surface area contributed by atoms with Crippen molar-refractivity contribution in [1.29, 1.82) is 0 Å². The van der Waals surface area contributed by atoms with Gasteiger partial charge in [-0.2, -0.15) is 0 Å². The van der Waals surface area contributed by atoms with Crippen LogP contribution in [0.15, 0.2) is 64.0 Å². The summed E-state index contributed by atoms with van der Waals surface area (Å²) in [6, 6.07) is 14.3. The summed E-state index contributed by atoms with van der Waals surface area (Å²) < 4.78 is 26.8. The van der Waals surface area contributed by atoms with E-state index in [-0.39, 0.29) is 4.90 Å². The maximum atomic E-state index is 12.7. The van der Waals surface area contributed by atoms with Gasteiger partial charge in [-0.15, -0.1) is 0 Å². The van der Waals surface area contributed by atoms with Gasteiger partial charge in [0.1, 0.15) is 6.54 Å². The fraction of sp³-hybridized carbons (Fsp3) is 0.0714. The number of nitrogens with zero attached hydrogens (tertiary/aromatic N) is 1. The van der Waals surface area contributed by atoms with Gasteiger partial charge in [0, 0.05) is 4.47 Å². The quantitative estimate of drug-likeness (QED) is 0.878. The molecule has 0 saturated carbocycles.